The third-order valence-electron chi connectivity index (χ3n) is 6.12. The van der Waals surface area contributed by atoms with E-state index in [0.29, 0.717) is 34.9 Å². The van der Waals surface area contributed by atoms with Crippen LogP contribution in [0.3, 0.4) is 0 Å². The average Bonchev–Trinajstić information content (AvgIpc) is 3.36. The summed E-state index contributed by atoms with van der Waals surface area (Å²) < 4.78 is 4.57. The topological polar surface area (TPSA) is 99.5 Å². The van der Waals surface area contributed by atoms with Crippen LogP contribution < -0.4 is 10.7 Å². The molecule has 1 aromatic heterocycles. The summed E-state index contributed by atoms with van der Waals surface area (Å²) in [5.41, 5.74) is 3.18. The number of fused-ring (bicyclic) bond motifs is 1. The van der Waals surface area contributed by atoms with Crippen molar-refractivity contribution in [1.29, 1.82) is 0 Å². The number of rotatable bonds is 5. The number of halogens is 1. The normalized spacial score (nSPS) is 17.0. The van der Waals surface area contributed by atoms with Gasteiger partial charge in [-0.3, -0.25) is 24.0 Å². The van der Waals surface area contributed by atoms with E-state index in [4.69, 9.17) is 11.6 Å². The maximum absolute atomic E-state index is 12.8. The molecule has 2 aliphatic rings. The molecule has 3 heterocycles. The Morgan fingerprint density at radius 3 is 2.56 bits per heavy atom. The van der Waals surface area contributed by atoms with Gasteiger partial charge in [0, 0.05) is 41.0 Å². The molecule has 9 heteroatoms. The summed E-state index contributed by atoms with van der Waals surface area (Å²) in [5, 5.41) is 4.33. The number of aromatic amines is 1. The molecule has 8 nitrogen and oxygen atoms in total. The first kappa shape index (κ1) is 20.7. The van der Waals surface area contributed by atoms with Crippen LogP contribution in [0.25, 0.3) is 11.4 Å². The number of aromatic nitrogens is 2. The Kier molecular flexibility index (Phi) is 5.40. The predicted octanol–water partition coefficient (Wildman–Crippen LogP) is 2.92. The quantitative estimate of drug-likeness (QED) is 0.597. The lowest BCUT2D eigenvalue weighted by atomic mass is 10.0. The van der Waals surface area contributed by atoms with Gasteiger partial charge >= 0.3 is 5.76 Å². The number of Topliss-reactive ketones (excluding diaryl/α,β-unsaturated/α-hetero) is 1. The van der Waals surface area contributed by atoms with Crippen molar-refractivity contribution < 1.29 is 14.1 Å². The van der Waals surface area contributed by atoms with Gasteiger partial charge in [-0.1, -0.05) is 16.8 Å². The predicted molar refractivity (Wildman–Crippen MR) is 119 cm³/mol. The summed E-state index contributed by atoms with van der Waals surface area (Å²) in [6.45, 7) is 1.86. The van der Waals surface area contributed by atoms with Gasteiger partial charge in [-0.15, -0.1) is 0 Å². The molecule has 5 rings (SSSR count). The fraction of sp³-hybridized carbons (Fsp3) is 0.304. The van der Waals surface area contributed by atoms with Gasteiger partial charge in [0.05, 0.1) is 13.0 Å². The molecule has 0 atom stereocenters. The molecule has 0 radical (unpaired) electrons. The summed E-state index contributed by atoms with van der Waals surface area (Å²) in [4.78, 5) is 43.1. The van der Waals surface area contributed by atoms with E-state index < -0.39 is 5.76 Å². The molecule has 0 spiro atoms. The summed E-state index contributed by atoms with van der Waals surface area (Å²) in [5.74, 6) is -0.121. The van der Waals surface area contributed by atoms with Crippen LogP contribution >= 0.6 is 11.6 Å². The molecule has 1 fully saturated rings. The molecule has 0 saturated carbocycles. The van der Waals surface area contributed by atoms with Crippen molar-refractivity contribution >= 4 is 29.0 Å². The number of piperidine rings is 1. The van der Waals surface area contributed by atoms with Crippen molar-refractivity contribution in [3.63, 3.8) is 0 Å². The van der Waals surface area contributed by atoms with Crippen molar-refractivity contribution in [3.05, 3.63) is 69.2 Å². The molecule has 0 bridgehead atoms. The first-order valence-electron chi connectivity index (χ1n) is 10.5. The van der Waals surface area contributed by atoms with Crippen molar-refractivity contribution in [1.82, 2.24) is 15.0 Å². The number of benzene rings is 2. The van der Waals surface area contributed by atoms with Gasteiger partial charge in [0.25, 0.3) is 0 Å². The number of hydrogen-bond acceptors (Lipinski definition) is 6. The van der Waals surface area contributed by atoms with Crippen LogP contribution in [-0.2, 0) is 11.2 Å². The zero-order valence-electron chi connectivity index (χ0n) is 17.2. The number of anilines is 1. The minimum Gasteiger partial charge on any atom is -0.309 e. The van der Waals surface area contributed by atoms with Crippen molar-refractivity contribution in [3.8, 4) is 11.4 Å². The lowest BCUT2D eigenvalue weighted by Crippen LogP contribution is -2.47. The van der Waals surface area contributed by atoms with Gasteiger partial charge in [0.1, 0.15) is 0 Å². The summed E-state index contributed by atoms with van der Waals surface area (Å²) in [7, 11) is 0. The molecule has 1 saturated heterocycles. The van der Waals surface area contributed by atoms with E-state index >= 15 is 0 Å². The minimum atomic E-state index is -0.612. The second-order valence-electron chi connectivity index (χ2n) is 8.17. The Balaban J connectivity index is 1.24. The Bertz CT molecular complexity index is 1230. The summed E-state index contributed by atoms with van der Waals surface area (Å²) in [6, 6.07) is 12.7. The van der Waals surface area contributed by atoms with Crippen LogP contribution in [-0.4, -0.2) is 52.4 Å². The number of ketones is 1. The largest absolute Gasteiger partial charge is 0.439 e. The van der Waals surface area contributed by atoms with E-state index in [1.165, 1.54) is 0 Å². The fourth-order valence-electron chi connectivity index (χ4n) is 4.51. The average molecular weight is 453 g/mol. The third-order valence-corrected chi connectivity index (χ3v) is 6.37. The minimum absolute atomic E-state index is 0.0705. The Hall–Kier alpha value is -3.23. The number of amides is 1. The van der Waals surface area contributed by atoms with Gasteiger partial charge < -0.3 is 4.90 Å². The van der Waals surface area contributed by atoms with Crippen LogP contribution in [0.15, 0.2) is 51.8 Å². The monoisotopic (exact) mass is 452 g/mol. The van der Waals surface area contributed by atoms with Gasteiger partial charge in [0.2, 0.25) is 5.91 Å². The number of H-pyrrole nitrogens is 1. The zero-order chi connectivity index (χ0) is 22.2. The Morgan fingerprint density at radius 1 is 1.12 bits per heavy atom. The van der Waals surface area contributed by atoms with E-state index in [9.17, 15) is 14.4 Å². The van der Waals surface area contributed by atoms with Gasteiger partial charge in [-0.2, -0.15) is 0 Å². The first-order chi connectivity index (χ1) is 15.5. The molecule has 1 amide bonds. The van der Waals surface area contributed by atoms with E-state index in [-0.39, 0.29) is 17.7 Å². The lowest BCUT2D eigenvalue weighted by molar-refractivity contribution is -0.118. The van der Waals surface area contributed by atoms with Crippen LogP contribution in [0, 0.1) is 0 Å². The Labute approximate surface area is 188 Å². The van der Waals surface area contributed by atoms with Gasteiger partial charge in [0.15, 0.2) is 11.6 Å². The molecule has 164 valence electrons. The molecule has 3 aromatic rings. The highest BCUT2D eigenvalue weighted by Gasteiger charge is 2.35. The second kappa shape index (κ2) is 8.37. The molecule has 32 heavy (non-hydrogen) atoms. The van der Waals surface area contributed by atoms with Crippen LogP contribution in [0.2, 0.25) is 5.02 Å². The van der Waals surface area contributed by atoms with Crippen LogP contribution in [0.4, 0.5) is 5.69 Å². The van der Waals surface area contributed by atoms with Gasteiger partial charge in [-0.25, -0.2) is 4.79 Å². The standard InChI is InChI=1S/C23H21ClN4O4/c24-17-4-1-14(2-5-17)20(29)13-27-9-7-18(8-10-27)28-19-6-3-15(11-16(19)12-21(28)30)22-25-23(31)32-26-22/h1-6,11,18H,7-10,12-13H2,(H,25,26,31). The van der Waals surface area contributed by atoms with Crippen molar-refractivity contribution in [2.24, 2.45) is 0 Å². The fourth-order valence-corrected chi connectivity index (χ4v) is 4.64. The number of nitrogens with one attached hydrogen (secondary N) is 1. The molecule has 0 aliphatic carbocycles. The number of likely N-dealkylation sites (tertiary alicyclic amines) is 1. The smallest absolute Gasteiger partial charge is 0.309 e. The number of hydrogen-bond donors (Lipinski definition) is 1. The summed E-state index contributed by atoms with van der Waals surface area (Å²) in [6.07, 6.45) is 1.93. The van der Waals surface area contributed by atoms with Crippen molar-refractivity contribution in [2.45, 2.75) is 25.3 Å². The Morgan fingerprint density at radius 2 is 1.88 bits per heavy atom. The highest BCUT2D eigenvalue weighted by atomic mass is 35.5. The molecular formula is C23H21ClN4O4. The van der Waals surface area contributed by atoms with E-state index in [2.05, 4.69) is 19.6 Å². The lowest BCUT2D eigenvalue weighted by Gasteiger charge is -2.36. The maximum Gasteiger partial charge on any atom is 0.439 e. The highest BCUT2D eigenvalue weighted by Crippen LogP contribution is 2.35. The van der Waals surface area contributed by atoms with E-state index in [1.54, 1.807) is 24.3 Å². The number of carbonyl (C=O) groups excluding carboxylic acids is 2. The highest BCUT2D eigenvalue weighted by molar-refractivity contribution is 6.30. The third kappa shape index (κ3) is 3.99. The first-order valence-corrected chi connectivity index (χ1v) is 10.9. The van der Waals surface area contributed by atoms with Crippen LogP contribution in [0.1, 0.15) is 28.8 Å². The molecular weight excluding hydrogens is 432 g/mol. The van der Waals surface area contributed by atoms with E-state index in [1.807, 2.05) is 23.1 Å². The van der Waals surface area contributed by atoms with Crippen molar-refractivity contribution in [2.75, 3.05) is 24.5 Å². The maximum atomic E-state index is 12.8. The second-order valence-corrected chi connectivity index (χ2v) is 8.60. The molecule has 0 unspecified atom stereocenters. The SMILES string of the molecule is O=C(CN1CCC(N2C(=O)Cc3cc(-c4noc(=O)[nH]4)ccc32)CC1)c1ccc(Cl)cc1. The van der Waals surface area contributed by atoms with Gasteiger partial charge in [-0.05, 0) is 60.9 Å². The molecule has 2 aromatic carbocycles. The van der Waals surface area contributed by atoms with Crippen LogP contribution in [0.5, 0.6) is 0 Å². The summed E-state index contributed by atoms with van der Waals surface area (Å²) >= 11 is 5.90. The molecule has 1 N–H and O–H groups in total. The molecule has 2 aliphatic heterocycles. The number of nitrogens with zero attached hydrogens (tertiary/aromatic N) is 3. The van der Waals surface area contributed by atoms with E-state index in [0.717, 1.165) is 37.2 Å². The number of carbonyl (C=O) groups is 2. The zero-order valence-corrected chi connectivity index (χ0v) is 18.0.